The molecule has 8 atom stereocenters. The van der Waals surface area contributed by atoms with Gasteiger partial charge in [-0.05, 0) is 75.2 Å². The Morgan fingerprint density at radius 2 is 1.03 bits per heavy atom. The van der Waals surface area contributed by atoms with E-state index in [1.807, 2.05) is 125 Å². The summed E-state index contributed by atoms with van der Waals surface area (Å²) >= 11 is 12.9. The highest BCUT2D eigenvalue weighted by molar-refractivity contribution is 6.31. The Labute approximate surface area is 372 Å². The Morgan fingerprint density at radius 1 is 0.645 bits per heavy atom. The van der Waals surface area contributed by atoms with Crippen LogP contribution in [0.3, 0.4) is 0 Å². The largest absolute Gasteiger partial charge is 0.396 e. The molecule has 2 saturated heterocycles. The monoisotopic (exact) mass is 882 g/mol. The molecule has 2 fully saturated rings. The quantitative estimate of drug-likeness (QED) is 0.142. The van der Waals surface area contributed by atoms with Crippen LogP contribution in [0.5, 0.6) is 0 Å². The number of hydrogen-bond acceptors (Lipinski definition) is 8. The molecule has 4 N–H and O–H groups in total. The summed E-state index contributed by atoms with van der Waals surface area (Å²) in [7, 11) is 0. The van der Waals surface area contributed by atoms with Gasteiger partial charge in [0.15, 0.2) is 0 Å². The first-order chi connectivity index (χ1) is 30.0. The van der Waals surface area contributed by atoms with Crippen LogP contribution in [0.4, 0.5) is 0 Å². The van der Waals surface area contributed by atoms with E-state index in [0.29, 0.717) is 60.4 Å². The minimum atomic E-state index is -0.490. The molecule has 0 saturated carbocycles. The standard InChI is InChI=1S/2C24H28ClN3O3/c2*1-3-7-15-10-11-20-21-17(13-27(20)24(15)31)18(14-29)22(23(30)26-4-2)28(21)12-16-8-5-6-9-19(16)25/h2*3,5-11,17-18,21-22,29H,4,12-14H2,1-2H3,(H,26,30)/b7-3+;7-3-/t2*17-,18-,21+,22-/m11/s1. The number of aliphatic hydroxyl groups is 2. The van der Waals surface area contributed by atoms with E-state index in [0.717, 1.165) is 22.5 Å². The van der Waals surface area contributed by atoms with E-state index < -0.39 is 12.1 Å². The number of likely N-dealkylation sites (tertiary alicyclic amines) is 2. The summed E-state index contributed by atoms with van der Waals surface area (Å²) in [6.45, 7) is 10.3. The first kappa shape index (κ1) is 45.2. The highest BCUT2D eigenvalue weighted by Crippen LogP contribution is 2.51. The normalized spacial score (nSPS) is 25.0. The van der Waals surface area contributed by atoms with Crippen LogP contribution in [0.1, 0.15) is 73.4 Å². The van der Waals surface area contributed by atoms with Crippen LogP contribution in [0, 0.1) is 23.7 Å². The van der Waals surface area contributed by atoms with Crippen molar-refractivity contribution >= 4 is 47.2 Å². The van der Waals surface area contributed by atoms with Gasteiger partial charge in [0.25, 0.3) is 11.1 Å². The number of aromatic nitrogens is 2. The van der Waals surface area contributed by atoms with Crippen LogP contribution < -0.4 is 21.8 Å². The lowest BCUT2D eigenvalue weighted by molar-refractivity contribution is -0.128. The van der Waals surface area contributed by atoms with Gasteiger partial charge < -0.3 is 30.0 Å². The molecule has 14 heteroatoms. The number of rotatable bonds is 12. The number of likely N-dealkylation sites (N-methyl/N-ethyl adjacent to an activating group) is 2. The van der Waals surface area contributed by atoms with E-state index in [9.17, 15) is 29.4 Å². The van der Waals surface area contributed by atoms with Gasteiger partial charge in [-0.3, -0.25) is 29.0 Å². The Morgan fingerprint density at radius 3 is 1.37 bits per heavy atom. The number of aliphatic hydroxyl groups excluding tert-OH is 2. The zero-order valence-electron chi connectivity index (χ0n) is 35.6. The minimum Gasteiger partial charge on any atom is -0.396 e. The number of hydrogen-bond donors (Lipinski definition) is 4. The third-order valence-electron chi connectivity index (χ3n) is 13.0. The summed E-state index contributed by atoms with van der Waals surface area (Å²) in [5, 5.41) is 27.7. The second-order valence-electron chi connectivity index (χ2n) is 16.4. The Balaban J connectivity index is 0.000000186. The number of benzene rings is 2. The van der Waals surface area contributed by atoms with Crippen molar-refractivity contribution < 1.29 is 19.8 Å². The predicted octanol–water partition coefficient (Wildman–Crippen LogP) is 5.67. The van der Waals surface area contributed by atoms with Crippen LogP contribution in [0.2, 0.25) is 10.0 Å². The van der Waals surface area contributed by atoms with Gasteiger partial charge >= 0.3 is 0 Å². The minimum absolute atomic E-state index is 0.0334. The van der Waals surface area contributed by atoms with Crippen molar-refractivity contribution in [3.63, 3.8) is 0 Å². The zero-order valence-corrected chi connectivity index (χ0v) is 37.1. The fraction of sp³-hybridized carbons (Fsp3) is 0.417. The molecule has 0 unspecified atom stereocenters. The Kier molecular flexibility index (Phi) is 14.4. The molecule has 4 aliphatic rings. The number of amides is 2. The number of allylic oxidation sites excluding steroid dienone is 2. The maximum absolute atomic E-state index is 13.1. The summed E-state index contributed by atoms with van der Waals surface area (Å²) in [5.74, 6) is -0.806. The van der Waals surface area contributed by atoms with Crippen molar-refractivity contribution in [2.45, 2.75) is 78.0 Å². The van der Waals surface area contributed by atoms with Crippen LogP contribution >= 0.6 is 23.2 Å². The van der Waals surface area contributed by atoms with Crippen molar-refractivity contribution in [1.82, 2.24) is 29.6 Å². The first-order valence-electron chi connectivity index (χ1n) is 21.5. The molecule has 2 aromatic heterocycles. The van der Waals surface area contributed by atoms with Gasteiger partial charge in [0, 0.05) is 109 Å². The summed E-state index contributed by atoms with van der Waals surface area (Å²) in [5.41, 5.74) is 4.84. The van der Waals surface area contributed by atoms with E-state index in [4.69, 9.17) is 23.2 Å². The molecule has 0 spiro atoms. The summed E-state index contributed by atoms with van der Waals surface area (Å²) in [6.07, 6.45) is 7.33. The molecule has 0 bridgehead atoms. The molecular formula is C48H56Cl2N6O6. The molecule has 328 valence electrons. The predicted molar refractivity (Wildman–Crippen MR) is 243 cm³/mol. The van der Waals surface area contributed by atoms with Crippen molar-refractivity contribution in [3.05, 3.63) is 149 Å². The fourth-order valence-electron chi connectivity index (χ4n) is 10.4. The molecule has 0 aliphatic carbocycles. The highest BCUT2D eigenvalue weighted by Gasteiger charge is 2.57. The number of carbonyl (C=O) groups is 2. The third kappa shape index (κ3) is 8.36. The lowest BCUT2D eigenvalue weighted by Gasteiger charge is -2.31. The van der Waals surface area contributed by atoms with Crippen molar-refractivity contribution in [1.29, 1.82) is 0 Å². The maximum Gasteiger partial charge on any atom is 0.258 e. The second-order valence-corrected chi connectivity index (χ2v) is 17.2. The molecule has 12 nitrogen and oxygen atoms in total. The number of pyridine rings is 2. The molecule has 0 radical (unpaired) electrons. The van der Waals surface area contributed by atoms with Crippen molar-refractivity contribution in [3.8, 4) is 0 Å². The van der Waals surface area contributed by atoms with Gasteiger partial charge in [-0.25, -0.2) is 0 Å². The smallest absolute Gasteiger partial charge is 0.258 e. The number of carbonyl (C=O) groups excluding carboxylic acids is 2. The van der Waals surface area contributed by atoms with Crippen molar-refractivity contribution in [2.75, 3.05) is 26.3 Å². The molecule has 62 heavy (non-hydrogen) atoms. The Bertz CT molecular complexity index is 2300. The van der Waals surface area contributed by atoms with E-state index in [-0.39, 0.29) is 71.9 Å². The van der Waals surface area contributed by atoms with E-state index in [1.165, 1.54) is 0 Å². The first-order valence-corrected chi connectivity index (χ1v) is 22.3. The maximum atomic E-state index is 13.1. The van der Waals surface area contributed by atoms with Gasteiger partial charge in [0.1, 0.15) is 0 Å². The topological polar surface area (TPSA) is 149 Å². The van der Waals surface area contributed by atoms with E-state index in [1.54, 1.807) is 9.13 Å². The lowest BCUT2D eigenvalue weighted by atomic mass is 9.88. The molecule has 4 aliphatic heterocycles. The van der Waals surface area contributed by atoms with Gasteiger partial charge in [0.2, 0.25) is 11.8 Å². The highest BCUT2D eigenvalue weighted by atomic mass is 35.5. The van der Waals surface area contributed by atoms with Gasteiger partial charge in [-0.2, -0.15) is 0 Å². The van der Waals surface area contributed by atoms with Crippen LogP contribution in [-0.4, -0.2) is 79.3 Å². The number of halogens is 2. The molecular weight excluding hydrogens is 827 g/mol. The molecule has 8 rings (SSSR count). The fourth-order valence-corrected chi connectivity index (χ4v) is 10.8. The summed E-state index contributed by atoms with van der Waals surface area (Å²) < 4.78 is 3.61. The van der Waals surface area contributed by atoms with Crippen LogP contribution in [0.25, 0.3) is 12.2 Å². The van der Waals surface area contributed by atoms with E-state index >= 15 is 0 Å². The average molecular weight is 884 g/mol. The summed E-state index contributed by atoms with van der Waals surface area (Å²) in [4.78, 5) is 56.5. The van der Waals surface area contributed by atoms with Gasteiger partial charge in [0.05, 0.1) is 24.2 Å². The number of nitrogens with zero attached hydrogens (tertiary/aromatic N) is 4. The molecule has 6 heterocycles. The van der Waals surface area contributed by atoms with E-state index in [2.05, 4.69) is 20.4 Å². The number of fused-ring (bicyclic) bond motifs is 6. The number of nitrogens with one attached hydrogen (secondary N) is 2. The van der Waals surface area contributed by atoms with Crippen LogP contribution in [0.15, 0.2) is 94.5 Å². The van der Waals surface area contributed by atoms with Crippen molar-refractivity contribution in [2.24, 2.45) is 23.7 Å². The average Bonchev–Trinajstić information content (AvgIpc) is 4.00. The molecule has 2 aromatic carbocycles. The van der Waals surface area contributed by atoms with Gasteiger partial charge in [-0.15, -0.1) is 0 Å². The van der Waals surface area contributed by atoms with Crippen LogP contribution in [-0.2, 0) is 35.8 Å². The molecule has 4 aromatic rings. The summed E-state index contributed by atoms with van der Waals surface area (Å²) in [6, 6.07) is 21.6. The van der Waals surface area contributed by atoms with Gasteiger partial charge in [-0.1, -0.05) is 83.9 Å². The SMILES string of the molecule is C/C=C/c1ccc2n(c1=O)C[C@@H]1[C@@H](CO)[C@H](C(=O)NCC)N(Cc3ccccc3Cl)[C@H]21.C/C=C\c1ccc2n(c1=O)C[C@@H]1[C@@H](CO)[C@H](C(=O)NCC)N(Cc3ccccc3Cl)[C@H]21. The zero-order chi connectivity index (χ0) is 44.2. The second kappa shape index (κ2) is 19.7. The third-order valence-corrected chi connectivity index (χ3v) is 13.7. The lowest BCUT2D eigenvalue weighted by Crippen LogP contribution is -2.48. The Hall–Kier alpha value is -4.82. The molecule has 2 amide bonds.